The van der Waals surface area contributed by atoms with Crippen molar-refractivity contribution < 1.29 is 9.47 Å². The third-order valence-electron chi connectivity index (χ3n) is 0.691. The van der Waals surface area contributed by atoms with Crippen LogP contribution in [0.4, 0.5) is 0 Å². The molecule has 0 saturated carbocycles. The summed E-state index contributed by atoms with van der Waals surface area (Å²) in [6.07, 6.45) is -0.204. The van der Waals surface area contributed by atoms with Gasteiger partial charge in [-0.2, -0.15) is 0 Å². The highest BCUT2D eigenvalue weighted by Crippen LogP contribution is 1.98. The molecule has 1 aliphatic rings. The Morgan fingerprint density at radius 1 is 1.33 bits per heavy atom. The van der Waals surface area contributed by atoms with Crippen LogP contribution in [0.25, 0.3) is 0 Å². The molecule has 0 aromatic carbocycles. The van der Waals surface area contributed by atoms with Gasteiger partial charge in [0, 0.05) is 6.92 Å². The second kappa shape index (κ2) is 7.75. The first-order valence-electron chi connectivity index (χ1n) is 2.49. The van der Waals surface area contributed by atoms with Crippen molar-refractivity contribution in [3.8, 4) is 0 Å². The maximum Gasteiger partial charge on any atom is 0.560 e. The molecule has 0 aromatic heterocycles. The number of hydrogen-bond donors (Lipinski definition) is 0. The van der Waals surface area contributed by atoms with Crippen LogP contribution in [0.2, 0.25) is 0 Å². The average molecular weight is 271 g/mol. The molecule has 0 aromatic rings. The molecule has 51 valence electrons. The fraction of sp³-hybridized carbons (Fsp3) is 0.750. The van der Waals surface area contributed by atoms with Gasteiger partial charge in [-0.25, -0.2) is 0 Å². The van der Waals surface area contributed by atoms with E-state index in [0.29, 0.717) is 13.2 Å². The van der Waals surface area contributed by atoms with E-state index in [4.69, 9.17) is 9.47 Å². The van der Waals surface area contributed by atoms with Crippen LogP contribution in [0.1, 0.15) is 0 Å². The first-order chi connectivity index (χ1) is 4.31. The number of hydrogen-bond acceptors (Lipinski definition) is 2. The van der Waals surface area contributed by atoms with Crippen molar-refractivity contribution in [3.05, 3.63) is 6.92 Å². The summed E-state index contributed by atoms with van der Waals surface area (Å²) in [6.45, 7) is 4.90. The van der Waals surface area contributed by atoms with Crippen LogP contribution in [0.15, 0.2) is 0 Å². The molecule has 1 radical (unpaired) electrons. The molecule has 0 aliphatic carbocycles. The molecule has 9 heavy (non-hydrogen) atoms. The Bertz CT molecular complexity index is 58.5. The van der Waals surface area contributed by atoms with Crippen molar-refractivity contribution in [2.24, 2.45) is 0 Å². The molecule has 0 N–H and O–H groups in total. The zero-order chi connectivity index (χ0) is 7.11. The normalized spacial score (nSPS) is 18.1. The maximum absolute atomic E-state index is 4.82. The molecule has 0 unspecified atom stereocenters. The van der Waals surface area contributed by atoms with Crippen LogP contribution in [0.3, 0.4) is 0 Å². The van der Waals surface area contributed by atoms with Crippen LogP contribution >= 0.6 is 25.8 Å². The van der Waals surface area contributed by atoms with Crippen molar-refractivity contribution >= 4 is 41.8 Å². The van der Waals surface area contributed by atoms with E-state index in [1.165, 1.54) is 0 Å². The highest BCUT2D eigenvalue weighted by molar-refractivity contribution is 9.47. The van der Waals surface area contributed by atoms with Crippen molar-refractivity contribution in [3.63, 3.8) is 0 Å². The lowest BCUT2D eigenvalue weighted by Gasteiger charge is -1.94. The summed E-state index contributed by atoms with van der Waals surface area (Å²) in [5, 5.41) is 0. The minimum atomic E-state index is -0.204. The second-order valence-corrected chi connectivity index (χ2v) is 9.35. The lowest BCUT2D eigenvalue weighted by atomic mass is 10.8. The monoisotopic (exact) mass is 269 g/mol. The summed E-state index contributed by atoms with van der Waals surface area (Å²) in [5.41, 5.74) is 0. The van der Waals surface area contributed by atoms with Gasteiger partial charge in [-0.1, -0.05) is 0 Å². The summed E-state index contributed by atoms with van der Waals surface area (Å²) in [6, 6.07) is 0. The van der Waals surface area contributed by atoms with Crippen LogP contribution in [0, 0.1) is 6.92 Å². The maximum atomic E-state index is 4.82. The minimum Gasteiger partial charge on any atom is -0.350 e. The molecule has 1 aliphatic heterocycles. The largest absolute Gasteiger partial charge is 0.560 e. The van der Waals surface area contributed by atoms with Crippen LogP contribution < -0.4 is 0 Å². The van der Waals surface area contributed by atoms with Gasteiger partial charge in [0.05, 0.1) is 13.2 Å². The SMILES string of the molecule is [Br][Mg][Br].[CH2]C1OCCO1. The number of ether oxygens (including phenoxy) is 2. The number of halogens is 2. The Hall–Kier alpha value is 1.65. The molecule has 1 saturated heterocycles. The van der Waals surface area contributed by atoms with Crippen molar-refractivity contribution in [2.45, 2.75) is 6.29 Å². The van der Waals surface area contributed by atoms with E-state index in [1.807, 2.05) is 0 Å². The molecule has 0 bridgehead atoms. The van der Waals surface area contributed by atoms with Crippen molar-refractivity contribution in [2.75, 3.05) is 13.2 Å². The standard InChI is InChI=1S/C4H7O2.2BrH.Mg/c1-4-5-2-3-6-4;;;/h4H,1-3H2;2*1H;/q;;;+2/p-2. The van der Waals surface area contributed by atoms with Gasteiger partial charge in [0.25, 0.3) is 0 Å². The van der Waals surface area contributed by atoms with Gasteiger partial charge in [-0.15, -0.1) is 0 Å². The van der Waals surface area contributed by atoms with Crippen LogP contribution in [-0.2, 0) is 9.47 Å². The van der Waals surface area contributed by atoms with Gasteiger partial charge in [0.1, 0.15) is 0 Å². The molecule has 0 spiro atoms. The Morgan fingerprint density at radius 3 is 1.78 bits per heavy atom. The summed E-state index contributed by atoms with van der Waals surface area (Å²) in [4.78, 5) is 0. The third-order valence-corrected chi connectivity index (χ3v) is 0.691. The smallest absolute Gasteiger partial charge is 0.350 e. The molecule has 2 nitrogen and oxygen atoms in total. The van der Waals surface area contributed by atoms with E-state index in [1.54, 1.807) is 0 Å². The minimum absolute atomic E-state index is 0.0417. The second-order valence-electron chi connectivity index (χ2n) is 1.27. The molecule has 0 amide bonds. The van der Waals surface area contributed by atoms with E-state index in [9.17, 15) is 0 Å². The van der Waals surface area contributed by atoms with E-state index in [2.05, 4.69) is 32.7 Å². The zero-order valence-corrected chi connectivity index (χ0v) is 9.56. The Labute approximate surface area is 77.1 Å². The van der Waals surface area contributed by atoms with Crippen LogP contribution in [-0.4, -0.2) is 35.5 Å². The molecule has 1 fully saturated rings. The molecule has 1 heterocycles. The highest BCUT2D eigenvalue weighted by Gasteiger charge is 2.07. The van der Waals surface area contributed by atoms with Crippen molar-refractivity contribution in [1.29, 1.82) is 0 Å². The predicted molar refractivity (Wildman–Crippen MR) is 44.7 cm³/mol. The van der Waals surface area contributed by atoms with Gasteiger partial charge in [0.2, 0.25) is 0 Å². The molecule has 5 heteroatoms. The van der Waals surface area contributed by atoms with E-state index >= 15 is 0 Å². The third kappa shape index (κ3) is 7.54. The van der Waals surface area contributed by atoms with E-state index in [0.717, 1.165) is 0 Å². The van der Waals surface area contributed by atoms with Crippen molar-refractivity contribution in [1.82, 2.24) is 0 Å². The number of rotatable bonds is 0. The topological polar surface area (TPSA) is 18.5 Å². The van der Waals surface area contributed by atoms with Gasteiger partial charge in [-0.05, 0) is 0 Å². The van der Waals surface area contributed by atoms with E-state index < -0.39 is 0 Å². The summed E-state index contributed by atoms with van der Waals surface area (Å²) >= 11 is 6.44. The highest BCUT2D eigenvalue weighted by atomic mass is 79.9. The average Bonchev–Trinajstić information content (AvgIpc) is 2.20. The summed E-state index contributed by atoms with van der Waals surface area (Å²) in [5.74, 6) is 0. The lowest BCUT2D eigenvalue weighted by Crippen LogP contribution is -1.98. The van der Waals surface area contributed by atoms with Gasteiger partial charge >= 0.3 is 16.0 Å². The fourth-order valence-electron chi connectivity index (χ4n) is 0.407. The van der Waals surface area contributed by atoms with Gasteiger partial charge in [-0.3, -0.25) is 25.8 Å². The van der Waals surface area contributed by atoms with E-state index in [-0.39, 0.29) is 22.3 Å². The first-order valence-corrected chi connectivity index (χ1v) is 10.3. The molecular formula is C4H7Br2MgO2. The Morgan fingerprint density at radius 2 is 1.67 bits per heavy atom. The molecule has 1 rings (SSSR count). The Kier molecular flexibility index (Phi) is 9.17. The van der Waals surface area contributed by atoms with Gasteiger partial charge < -0.3 is 9.47 Å². The predicted octanol–water partition coefficient (Wildman–Crippen LogP) is 1.50. The summed E-state index contributed by atoms with van der Waals surface area (Å²) < 4.78 is 9.64. The Balaban J connectivity index is 0.000000187. The van der Waals surface area contributed by atoms with Gasteiger partial charge in [0.15, 0.2) is 6.29 Å². The summed E-state index contributed by atoms with van der Waals surface area (Å²) in [7, 11) is 0. The molecular weight excluding hydrogens is 264 g/mol. The lowest BCUT2D eigenvalue weighted by molar-refractivity contribution is -0.00396. The quantitative estimate of drug-likeness (QED) is 0.622. The first kappa shape index (κ1) is 10.6. The molecule has 0 atom stereocenters. The van der Waals surface area contributed by atoms with Crippen LogP contribution in [0.5, 0.6) is 0 Å². The zero-order valence-electron chi connectivity index (χ0n) is 4.98. The fourth-order valence-corrected chi connectivity index (χ4v) is 0.407.